The minimum atomic E-state index is 0.725. The van der Waals surface area contributed by atoms with Crippen molar-refractivity contribution < 1.29 is 4.74 Å². The molecule has 1 unspecified atom stereocenters. The van der Waals surface area contributed by atoms with E-state index in [0.717, 1.165) is 24.4 Å². The Bertz CT molecular complexity index is 400. The average molecular weight is 260 g/mol. The van der Waals surface area contributed by atoms with Crippen molar-refractivity contribution in [3.63, 3.8) is 0 Å². The lowest BCUT2D eigenvalue weighted by Crippen LogP contribution is -2.38. The van der Waals surface area contributed by atoms with Gasteiger partial charge in [0.05, 0.1) is 7.11 Å². The predicted octanol–water partition coefficient (Wildman–Crippen LogP) is 2.41. The minimum Gasteiger partial charge on any atom is -0.497 e. The zero-order valence-corrected chi connectivity index (χ0v) is 11.8. The van der Waals surface area contributed by atoms with Gasteiger partial charge in [-0.3, -0.25) is 4.90 Å². The van der Waals surface area contributed by atoms with Gasteiger partial charge in [-0.25, -0.2) is 0 Å². The first-order valence-electron chi connectivity index (χ1n) is 7.45. The number of hydrogen-bond acceptors (Lipinski definition) is 3. The van der Waals surface area contributed by atoms with E-state index in [2.05, 4.69) is 34.5 Å². The van der Waals surface area contributed by atoms with Crippen LogP contribution in [0.5, 0.6) is 5.75 Å². The highest BCUT2D eigenvalue weighted by atomic mass is 16.5. The van der Waals surface area contributed by atoms with Crippen molar-refractivity contribution in [2.75, 3.05) is 20.2 Å². The maximum atomic E-state index is 5.21. The van der Waals surface area contributed by atoms with Gasteiger partial charge < -0.3 is 10.1 Å². The van der Waals surface area contributed by atoms with E-state index >= 15 is 0 Å². The zero-order chi connectivity index (χ0) is 13.1. The van der Waals surface area contributed by atoms with Gasteiger partial charge in [-0.1, -0.05) is 12.1 Å². The molecule has 0 radical (unpaired) electrons. The Hall–Kier alpha value is -1.06. The maximum absolute atomic E-state index is 5.21. The number of methoxy groups -OCH3 is 1. The van der Waals surface area contributed by atoms with Gasteiger partial charge in [0.15, 0.2) is 0 Å². The second-order valence-corrected chi connectivity index (χ2v) is 5.80. The molecule has 2 fully saturated rings. The third kappa shape index (κ3) is 3.48. The van der Waals surface area contributed by atoms with Crippen molar-refractivity contribution in [3.05, 3.63) is 29.8 Å². The fourth-order valence-electron chi connectivity index (χ4n) is 2.89. The summed E-state index contributed by atoms with van der Waals surface area (Å²) in [5, 5.41) is 3.67. The van der Waals surface area contributed by atoms with Gasteiger partial charge in [0.2, 0.25) is 0 Å². The summed E-state index contributed by atoms with van der Waals surface area (Å²) in [5.74, 6) is 0.942. The molecule has 0 bridgehead atoms. The minimum absolute atomic E-state index is 0.725. The molecule has 3 nitrogen and oxygen atoms in total. The molecular formula is C16H24N2O. The number of ether oxygens (including phenoxy) is 1. The molecule has 1 saturated carbocycles. The highest BCUT2D eigenvalue weighted by Crippen LogP contribution is 2.23. The van der Waals surface area contributed by atoms with Crippen molar-refractivity contribution in [1.29, 1.82) is 0 Å². The van der Waals surface area contributed by atoms with E-state index < -0.39 is 0 Å². The van der Waals surface area contributed by atoms with Crippen LogP contribution >= 0.6 is 0 Å². The van der Waals surface area contributed by atoms with E-state index in [4.69, 9.17) is 4.74 Å². The first-order valence-corrected chi connectivity index (χ1v) is 7.45. The average Bonchev–Trinajstić information content (AvgIpc) is 3.18. The first-order chi connectivity index (χ1) is 9.35. The molecule has 1 aliphatic carbocycles. The van der Waals surface area contributed by atoms with Crippen LogP contribution in [0.25, 0.3) is 0 Å². The Morgan fingerprint density at radius 3 is 2.68 bits per heavy atom. The maximum Gasteiger partial charge on any atom is 0.118 e. The van der Waals surface area contributed by atoms with Crippen LogP contribution in [0.3, 0.4) is 0 Å². The van der Waals surface area contributed by atoms with Crippen LogP contribution in [0.15, 0.2) is 24.3 Å². The molecule has 1 aromatic rings. The Morgan fingerprint density at radius 2 is 2.00 bits per heavy atom. The molecule has 1 aliphatic heterocycles. The molecule has 2 aliphatic rings. The number of hydrogen-bond donors (Lipinski definition) is 1. The molecule has 1 heterocycles. The van der Waals surface area contributed by atoms with Crippen molar-refractivity contribution in [1.82, 2.24) is 10.2 Å². The Morgan fingerprint density at radius 1 is 1.21 bits per heavy atom. The van der Waals surface area contributed by atoms with Crippen LogP contribution in [0.2, 0.25) is 0 Å². The lowest BCUT2D eigenvalue weighted by molar-refractivity contribution is 0.239. The van der Waals surface area contributed by atoms with Gasteiger partial charge in [-0.05, 0) is 49.9 Å². The predicted molar refractivity (Wildman–Crippen MR) is 77.5 cm³/mol. The van der Waals surface area contributed by atoms with E-state index in [1.54, 1.807) is 7.11 Å². The quantitative estimate of drug-likeness (QED) is 0.850. The van der Waals surface area contributed by atoms with Gasteiger partial charge in [-0.15, -0.1) is 0 Å². The second-order valence-electron chi connectivity index (χ2n) is 5.80. The number of rotatable bonds is 6. The van der Waals surface area contributed by atoms with Crippen molar-refractivity contribution >= 4 is 0 Å². The lowest BCUT2D eigenvalue weighted by Gasteiger charge is -2.25. The summed E-state index contributed by atoms with van der Waals surface area (Å²) in [6.45, 7) is 3.48. The normalized spacial score (nSPS) is 23.7. The van der Waals surface area contributed by atoms with E-state index in [1.807, 2.05) is 0 Å². The summed E-state index contributed by atoms with van der Waals surface area (Å²) < 4.78 is 5.21. The van der Waals surface area contributed by atoms with Gasteiger partial charge in [-0.2, -0.15) is 0 Å². The molecule has 104 valence electrons. The van der Waals surface area contributed by atoms with E-state index in [9.17, 15) is 0 Å². The molecule has 1 atom stereocenters. The Balaban J connectivity index is 1.54. The molecule has 1 saturated heterocycles. The van der Waals surface area contributed by atoms with Crippen LogP contribution in [-0.2, 0) is 6.54 Å². The van der Waals surface area contributed by atoms with Crippen molar-refractivity contribution in [3.8, 4) is 5.75 Å². The Kier molecular flexibility index (Phi) is 4.04. The summed E-state index contributed by atoms with van der Waals surface area (Å²) in [6.07, 6.45) is 5.44. The molecule has 3 heteroatoms. The van der Waals surface area contributed by atoms with Crippen LogP contribution in [0, 0.1) is 0 Å². The van der Waals surface area contributed by atoms with Crippen molar-refractivity contribution in [2.24, 2.45) is 0 Å². The molecule has 1 aromatic carbocycles. The SMILES string of the molecule is COc1ccc(CN2CCCC2CNC2CC2)cc1. The van der Waals surface area contributed by atoms with Gasteiger partial charge in [0.1, 0.15) is 5.75 Å². The standard InChI is InChI=1S/C16H24N2O/c1-19-16-8-4-13(5-9-16)12-18-10-2-3-15(18)11-17-14-6-7-14/h4-5,8-9,14-15,17H,2-3,6-7,10-12H2,1H3. The fourth-order valence-corrected chi connectivity index (χ4v) is 2.89. The summed E-state index contributed by atoms with van der Waals surface area (Å²) in [4.78, 5) is 2.62. The van der Waals surface area contributed by atoms with Crippen molar-refractivity contribution in [2.45, 2.75) is 44.3 Å². The monoisotopic (exact) mass is 260 g/mol. The van der Waals surface area contributed by atoms with Crippen LogP contribution in [0.4, 0.5) is 0 Å². The summed E-state index contributed by atoms with van der Waals surface area (Å²) in [6, 6.07) is 10.0. The second kappa shape index (κ2) is 5.93. The fraction of sp³-hybridized carbons (Fsp3) is 0.625. The third-order valence-corrected chi connectivity index (χ3v) is 4.26. The molecule has 1 N–H and O–H groups in total. The number of nitrogens with one attached hydrogen (secondary N) is 1. The van der Waals surface area contributed by atoms with Crippen LogP contribution < -0.4 is 10.1 Å². The molecule has 19 heavy (non-hydrogen) atoms. The molecule has 3 rings (SSSR count). The highest BCUT2D eigenvalue weighted by Gasteiger charge is 2.27. The first kappa shape index (κ1) is 12.9. The largest absolute Gasteiger partial charge is 0.497 e. The summed E-state index contributed by atoms with van der Waals surface area (Å²) >= 11 is 0. The third-order valence-electron chi connectivity index (χ3n) is 4.26. The Labute approximate surface area is 115 Å². The van der Waals surface area contributed by atoms with E-state index in [-0.39, 0.29) is 0 Å². The summed E-state index contributed by atoms with van der Waals surface area (Å²) in [5.41, 5.74) is 1.39. The van der Waals surface area contributed by atoms with Crippen LogP contribution in [-0.4, -0.2) is 37.2 Å². The molecule has 0 amide bonds. The number of benzene rings is 1. The van der Waals surface area contributed by atoms with Crippen LogP contribution in [0.1, 0.15) is 31.2 Å². The number of likely N-dealkylation sites (tertiary alicyclic amines) is 1. The van der Waals surface area contributed by atoms with Gasteiger partial charge in [0.25, 0.3) is 0 Å². The molecular weight excluding hydrogens is 236 g/mol. The van der Waals surface area contributed by atoms with E-state index in [0.29, 0.717) is 0 Å². The van der Waals surface area contributed by atoms with Gasteiger partial charge >= 0.3 is 0 Å². The lowest BCUT2D eigenvalue weighted by atomic mass is 10.1. The zero-order valence-electron chi connectivity index (χ0n) is 11.8. The summed E-state index contributed by atoms with van der Waals surface area (Å²) in [7, 11) is 1.72. The van der Waals surface area contributed by atoms with Gasteiger partial charge in [0, 0.05) is 25.2 Å². The molecule has 0 aromatic heterocycles. The topological polar surface area (TPSA) is 24.5 Å². The smallest absolute Gasteiger partial charge is 0.118 e. The molecule has 0 spiro atoms. The highest BCUT2D eigenvalue weighted by molar-refractivity contribution is 5.27. The van der Waals surface area contributed by atoms with E-state index in [1.165, 1.54) is 44.3 Å². The number of nitrogens with zero attached hydrogens (tertiary/aromatic N) is 1.